The topological polar surface area (TPSA) is 36.4 Å². The molecule has 0 atom stereocenters. The Bertz CT molecular complexity index is 80.3. The van der Waals surface area contributed by atoms with E-state index in [0.717, 1.165) is 19.0 Å². The molecule has 0 unspecified atom stereocenters. The molecule has 0 aliphatic carbocycles. The Morgan fingerprint density at radius 2 is 1.67 bits per heavy atom. The average molecular weight is 129 g/mol. The van der Waals surface area contributed by atoms with E-state index < -0.39 is 0 Å². The molecule has 0 spiro atoms. The molecule has 0 aromatic heterocycles. The number of aliphatic imine (C=N–C) groups is 1. The fraction of sp³-hybridized carbons (Fsp3) is 0.833. The number of nitrogens with zero attached hydrogens (tertiary/aromatic N) is 1. The minimum atomic E-state index is 0.917. The molecule has 1 heterocycles. The molecule has 1 fully saturated rings. The first kappa shape index (κ1) is 8.27. The van der Waals surface area contributed by atoms with E-state index in [-0.39, 0.29) is 0 Å². The summed E-state index contributed by atoms with van der Waals surface area (Å²) in [6.07, 6.45) is 0. The van der Waals surface area contributed by atoms with Crippen molar-refractivity contribution >= 4 is 5.96 Å². The van der Waals surface area contributed by atoms with Gasteiger partial charge in [0.05, 0.1) is 0 Å². The van der Waals surface area contributed by atoms with Crippen LogP contribution in [0.5, 0.6) is 0 Å². The standard InChI is InChI=1S/C4H9N3.C2H6/c1-5-4-6-2-3-7-4;1-2/h2-3H2,1H3,(H2,5,6,7);1-2H3. The van der Waals surface area contributed by atoms with E-state index in [1.165, 1.54) is 0 Å². The molecule has 0 aromatic rings. The van der Waals surface area contributed by atoms with Crippen LogP contribution in [0.25, 0.3) is 0 Å². The predicted octanol–water partition coefficient (Wildman–Crippen LogP) is 0.191. The Kier molecular flexibility index (Phi) is 4.97. The monoisotopic (exact) mass is 129 g/mol. The lowest BCUT2D eigenvalue weighted by atomic mass is 10.7. The summed E-state index contributed by atoms with van der Waals surface area (Å²) in [6, 6.07) is 0. The molecule has 2 N–H and O–H groups in total. The van der Waals surface area contributed by atoms with Crippen molar-refractivity contribution in [1.29, 1.82) is 0 Å². The van der Waals surface area contributed by atoms with E-state index in [1.807, 2.05) is 13.8 Å². The van der Waals surface area contributed by atoms with Gasteiger partial charge in [-0.1, -0.05) is 13.8 Å². The van der Waals surface area contributed by atoms with Crippen molar-refractivity contribution in [1.82, 2.24) is 10.6 Å². The normalized spacial score (nSPS) is 14.8. The molecule has 1 saturated heterocycles. The molecule has 1 aliphatic rings. The third-order valence-electron chi connectivity index (χ3n) is 0.933. The lowest BCUT2D eigenvalue weighted by Crippen LogP contribution is -2.23. The summed E-state index contributed by atoms with van der Waals surface area (Å²) in [7, 11) is 1.76. The van der Waals surface area contributed by atoms with Crippen LogP contribution >= 0.6 is 0 Å². The van der Waals surface area contributed by atoms with Crippen molar-refractivity contribution in [2.75, 3.05) is 20.1 Å². The first-order valence-electron chi connectivity index (χ1n) is 3.38. The smallest absolute Gasteiger partial charge is 0.191 e. The minimum Gasteiger partial charge on any atom is -0.355 e. The molecule has 9 heavy (non-hydrogen) atoms. The molecule has 1 rings (SSSR count). The van der Waals surface area contributed by atoms with Crippen molar-refractivity contribution in [3.8, 4) is 0 Å². The Hall–Kier alpha value is -0.730. The lowest BCUT2D eigenvalue weighted by molar-refractivity contribution is 0.942. The molecule has 0 amide bonds. The maximum Gasteiger partial charge on any atom is 0.191 e. The molecule has 0 aromatic carbocycles. The third-order valence-corrected chi connectivity index (χ3v) is 0.933. The average Bonchev–Trinajstić information content (AvgIpc) is 2.43. The number of rotatable bonds is 0. The van der Waals surface area contributed by atoms with Gasteiger partial charge >= 0.3 is 0 Å². The van der Waals surface area contributed by atoms with E-state index in [0.29, 0.717) is 0 Å². The highest BCUT2D eigenvalue weighted by Crippen LogP contribution is 1.72. The maximum absolute atomic E-state index is 3.88. The van der Waals surface area contributed by atoms with Gasteiger partial charge in [-0.15, -0.1) is 0 Å². The third kappa shape index (κ3) is 2.95. The van der Waals surface area contributed by atoms with Crippen molar-refractivity contribution in [2.45, 2.75) is 13.8 Å². The van der Waals surface area contributed by atoms with Gasteiger partial charge in [0.1, 0.15) is 0 Å². The molecular weight excluding hydrogens is 114 g/mol. The minimum absolute atomic E-state index is 0.917. The molecule has 1 aliphatic heterocycles. The fourth-order valence-corrected chi connectivity index (χ4v) is 0.582. The van der Waals surface area contributed by atoms with Crippen LogP contribution in [-0.4, -0.2) is 26.1 Å². The molecule has 3 heteroatoms. The van der Waals surface area contributed by atoms with Crippen molar-refractivity contribution < 1.29 is 0 Å². The molecule has 0 saturated carbocycles. The highest BCUT2D eigenvalue weighted by atomic mass is 15.2. The van der Waals surface area contributed by atoms with Gasteiger partial charge in [-0.05, 0) is 0 Å². The summed E-state index contributed by atoms with van der Waals surface area (Å²) < 4.78 is 0. The Balaban J connectivity index is 0.000000291. The van der Waals surface area contributed by atoms with Gasteiger partial charge in [-0.2, -0.15) is 0 Å². The van der Waals surface area contributed by atoms with E-state index >= 15 is 0 Å². The summed E-state index contributed by atoms with van der Waals surface area (Å²) in [4.78, 5) is 3.88. The van der Waals surface area contributed by atoms with E-state index in [4.69, 9.17) is 0 Å². The molecule has 0 bridgehead atoms. The van der Waals surface area contributed by atoms with Crippen molar-refractivity contribution in [2.24, 2.45) is 4.99 Å². The van der Waals surface area contributed by atoms with Crippen LogP contribution in [0.2, 0.25) is 0 Å². The molecular formula is C6H15N3. The number of nitrogens with one attached hydrogen (secondary N) is 2. The van der Waals surface area contributed by atoms with Crippen molar-refractivity contribution in [3.63, 3.8) is 0 Å². The second-order valence-electron chi connectivity index (χ2n) is 1.43. The Labute approximate surface area is 56.6 Å². The summed E-state index contributed by atoms with van der Waals surface area (Å²) in [5.74, 6) is 0.917. The zero-order chi connectivity index (χ0) is 7.11. The van der Waals surface area contributed by atoms with Gasteiger partial charge < -0.3 is 10.6 Å². The van der Waals surface area contributed by atoms with E-state index in [9.17, 15) is 0 Å². The van der Waals surface area contributed by atoms with Crippen LogP contribution < -0.4 is 10.6 Å². The first-order chi connectivity index (χ1) is 4.43. The van der Waals surface area contributed by atoms with Crippen LogP contribution in [0.1, 0.15) is 13.8 Å². The fourth-order valence-electron chi connectivity index (χ4n) is 0.582. The van der Waals surface area contributed by atoms with E-state index in [1.54, 1.807) is 7.05 Å². The SMILES string of the molecule is CC.CN=C1NCCN1. The number of hydrogen-bond acceptors (Lipinski definition) is 1. The second-order valence-corrected chi connectivity index (χ2v) is 1.43. The zero-order valence-electron chi connectivity index (χ0n) is 6.36. The van der Waals surface area contributed by atoms with Gasteiger partial charge in [-0.3, -0.25) is 4.99 Å². The van der Waals surface area contributed by atoms with Crippen LogP contribution in [0.15, 0.2) is 4.99 Å². The van der Waals surface area contributed by atoms with Crippen LogP contribution in [-0.2, 0) is 0 Å². The summed E-state index contributed by atoms with van der Waals surface area (Å²) in [5, 5.41) is 6.09. The summed E-state index contributed by atoms with van der Waals surface area (Å²) >= 11 is 0. The molecule has 54 valence electrons. The number of guanidine groups is 1. The van der Waals surface area contributed by atoms with Crippen LogP contribution in [0.4, 0.5) is 0 Å². The Morgan fingerprint density at radius 3 is 1.89 bits per heavy atom. The highest BCUT2D eigenvalue weighted by Gasteiger charge is 2.00. The van der Waals surface area contributed by atoms with Gasteiger partial charge in [0, 0.05) is 20.1 Å². The van der Waals surface area contributed by atoms with Gasteiger partial charge in [0.15, 0.2) is 5.96 Å². The summed E-state index contributed by atoms with van der Waals surface area (Å²) in [6.45, 7) is 6.01. The first-order valence-corrected chi connectivity index (χ1v) is 3.38. The maximum atomic E-state index is 3.88. The quantitative estimate of drug-likeness (QED) is 0.490. The van der Waals surface area contributed by atoms with Gasteiger partial charge in [0.2, 0.25) is 0 Å². The molecule has 0 radical (unpaired) electrons. The largest absolute Gasteiger partial charge is 0.355 e. The second kappa shape index (κ2) is 5.41. The predicted molar refractivity (Wildman–Crippen MR) is 40.7 cm³/mol. The van der Waals surface area contributed by atoms with Crippen LogP contribution in [0, 0.1) is 0 Å². The summed E-state index contributed by atoms with van der Waals surface area (Å²) in [5.41, 5.74) is 0. The van der Waals surface area contributed by atoms with Gasteiger partial charge in [0.25, 0.3) is 0 Å². The lowest BCUT2D eigenvalue weighted by Gasteiger charge is -1.90. The van der Waals surface area contributed by atoms with E-state index in [2.05, 4.69) is 15.6 Å². The van der Waals surface area contributed by atoms with Crippen molar-refractivity contribution in [3.05, 3.63) is 0 Å². The number of hydrogen-bond donors (Lipinski definition) is 2. The van der Waals surface area contributed by atoms with Gasteiger partial charge in [-0.25, -0.2) is 0 Å². The molecule has 3 nitrogen and oxygen atoms in total. The highest BCUT2D eigenvalue weighted by molar-refractivity contribution is 5.81. The zero-order valence-corrected chi connectivity index (χ0v) is 6.36. The Morgan fingerprint density at radius 1 is 1.22 bits per heavy atom. The van der Waals surface area contributed by atoms with Crippen LogP contribution in [0.3, 0.4) is 0 Å².